The number of aliphatic hydroxyl groups excluding tert-OH is 1. The number of ether oxygens (including phenoxy) is 1. The van der Waals surface area contributed by atoms with Crippen molar-refractivity contribution >= 4 is 29.9 Å². The first-order chi connectivity index (χ1) is 12.8. The molecular formula is C20H30IN3O3. The van der Waals surface area contributed by atoms with Gasteiger partial charge in [0, 0.05) is 25.6 Å². The van der Waals surface area contributed by atoms with Crippen molar-refractivity contribution in [2.75, 3.05) is 32.8 Å². The highest BCUT2D eigenvalue weighted by molar-refractivity contribution is 14.0. The summed E-state index contributed by atoms with van der Waals surface area (Å²) in [6.45, 7) is 5.34. The molecule has 1 aromatic carbocycles. The molecule has 0 aliphatic carbocycles. The standard InChI is InChI=1S/C20H29N3O3.HI/c1-2-21-20(22-11-7-12-25-16-19-10-6-13-26-19)23-14-18(15-24)17-8-4-3-5-9-17;/h3-6,8-10,13,18,24H,2,7,11-12,14-16H2,1H3,(H2,21,22,23);1H. The minimum atomic E-state index is 0. The van der Waals surface area contributed by atoms with Crippen LogP contribution < -0.4 is 10.6 Å². The Hall–Kier alpha value is -1.58. The maximum Gasteiger partial charge on any atom is 0.191 e. The van der Waals surface area contributed by atoms with E-state index >= 15 is 0 Å². The molecule has 0 saturated carbocycles. The first kappa shape index (κ1) is 23.5. The molecule has 7 heteroatoms. The van der Waals surface area contributed by atoms with Crippen molar-refractivity contribution in [1.82, 2.24) is 10.6 Å². The first-order valence-electron chi connectivity index (χ1n) is 9.11. The van der Waals surface area contributed by atoms with Gasteiger partial charge in [0.15, 0.2) is 5.96 Å². The van der Waals surface area contributed by atoms with Gasteiger partial charge in [0.2, 0.25) is 0 Å². The van der Waals surface area contributed by atoms with Gasteiger partial charge in [-0.1, -0.05) is 30.3 Å². The van der Waals surface area contributed by atoms with E-state index in [1.165, 1.54) is 0 Å². The molecule has 0 aliphatic rings. The highest BCUT2D eigenvalue weighted by Gasteiger charge is 2.09. The van der Waals surface area contributed by atoms with Crippen LogP contribution in [0.3, 0.4) is 0 Å². The fraction of sp³-hybridized carbons (Fsp3) is 0.450. The van der Waals surface area contributed by atoms with Crippen molar-refractivity contribution in [3.63, 3.8) is 0 Å². The summed E-state index contributed by atoms with van der Waals surface area (Å²) in [5, 5.41) is 16.2. The Balaban J connectivity index is 0.00000364. The van der Waals surface area contributed by atoms with Crippen LogP contribution in [0.15, 0.2) is 58.1 Å². The zero-order valence-corrected chi connectivity index (χ0v) is 18.1. The van der Waals surface area contributed by atoms with Crippen molar-refractivity contribution in [2.24, 2.45) is 4.99 Å². The quantitative estimate of drug-likeness (QED) is 0.197. The fourth-order valence-electron chi connectivity index (χ4n) is 2.49. The molecule has 0 aliphatic heterocycles. The Kier molecular flexibility index (Phi) is 12.6. The Morgan fingerprint density at radius 1 is 1.19 bits per heavy atom. The molecular weight excluding hydrogens is 457 g/mol. The smallest absolute Gasteiger partial charge is 0.191 e. The number of hydrogen-bond donors (Lipinski definition) is 3. The van der Waals surface area contributed by atoms with Crippen molar-refractivity contribution < 1.29 is 14.3 Å². The van der Waals surface area contributed by atoms with E-state index in [4.69, 9.17) is 9.15 Å². The third kappa shape index (κ3) is 9.25. The van der Waals surface area contributed by atoms with Crippen LogP contribution in [0.1, 0.15) is 30.6 Å². The first-order valence-corrected chi connectivity index (χ1v) is 9.11. The Morgan fingerprint density at radius 2 is 2.00 bits per heavy atom. The van der Waals surface area contributed by atoms with Crippen LogP contribution in [0.25, 0.3) is 0 Å². The lowest BCUT2D eigenvalue weighted by Gasteiger charge is -2.15. The van der Waals surface area contributed by atoms with Crippen LogP contribution in [-0.2, 0) is 11.3 Å². The summed E-state index contributed by atoms with van der Waals surface area (Å²) in [4.78, 5) is 4.60. The molecule has 0 radical (unpaired) electrons. The fourth-order valence-corrected chi connectivity index (χ4v) is 2.49. The average molecular weight is 487 g/mol. The number of nitrogens with zero attached hydrogens (tertiary/aromatic N) is 1. The number of aliphatic hydroxyl groups is 1. The van der Waals surface area contributed by atoms with Crippen LogP contribution in [0, 0.1) is 0 Å². The van der Waals surface area contributed by atoms with Crippen LogP contribution in [0.5, 0.6) is 0 Å². The van der Waals surface area contributed by atoms with Crippen molar-refractivity contribution in [3.05, 3.63) is 60.1 Å². The summed E-state index contributed by atoms with van der Waals surface area (Å²) in [5.41, 5.74) is 1.10. The summed E-state index contributed by atoms with van der Waals surface area (Å²) < 4.78 is 10.8. The maximum atomic E-state index is 9.64. The molecule has 150 valence electrons. The SMILES string of the molecule is CCNC(=NCC(CO)c1ccccc1)NCCCOCc1ccco1.I. The molecule has 27 heavy (non-hydrogen) atoms. The molecule has 1 unspecified atom stereocenters. The Labute approximate surface area is 178 Å². The Morgan fingerprint density at radius 3 is 2.67 bits per heavy atom. The van der Waals surface area contributed by atoms with Gasteiger partial charge in [-0.2, -0.15) is 0 Å². The molecule has 0 fully saturated rings. The van der Waals surface area contributed by atoms with Gasteiger partial charge in [0.05, 0.1) is 19.4 Å². The molecule has 3 N–H and O–H groups in total. The van der Waals surface area contributed by atoms with E-state index in [2.05, 4.69) is 15.6 Å². The van der Waals surface area contributed by atoms with Crippen LogP contribution in [0.2, 0.25) is 0 Å². The minimum absolute atomic E-state index is 0. The number of benzene rings is 1. The average Bonchev–Trinajstić information content (AvgIpc) is 3.19. The van der Waals surface area contributed by atoms with Gasteiger partial charge in [-0.3, -0.25) is 4.99 Å². The maximum absolute atomic E-state index is 9.64. The predicted octanol–water partition coefficient (Wildman–Crippen LogP) is 3.14. The zero-order valence-electron chi connectivity index (χ0n) is 15.8. The van der Waals surface area contributed by atoms with Gasteiger partial charge in [0.25, 0.3) is 0 Å². The monoisotopic (exact) mass is 487 g/mol. The number of hydrogen-bond acceptors (Lipinski definition) is 4. The van der Waals surface area contributed by atoms with Gasteiger partial charge >= 0.3 is 0 Å². The largest absolute Gasteiger partial charge is 0.467 e. The number of nitrogens with one attached hydrogen (secondary N) is 2. The van der Waals surface area contributed by atoms with Crippen molar-refractivity contribution in [1.29, 1.82) is 0 Å². The molecule has 2 rings (SSSR count). The number of rotatable bonds is 11. The molecule has 2 aromatic rings. The second kappa shape index (κ2) is 14.5. The van der Waals surface area contributed by atoms with Gasteiger partial charge in [-0.05, 0) is 31.0 Å². The molecule has 6 nitrogen and oxygen atoms in total. The van der Waals surface area contributed by atoms with Gasteiger partial charge in [0.1, 0.15) is 12.4 Å². The molecule has 0 amide bonds. The molecule has 1 atom stereocenters. The van der Waals surface area contributed by atoms with E-state index in [0.717, 1.165) is 36.8 Å². The van der Waals surface area contributed by atoms with Crippen LogP contribution in [0.4, 0.5) is 0 Å². The van der Waals surface area contributed by atoms with Crippen LogP contribution in [-0.4, -0.2) is 43.9 Å². The van der Waals surface area contributed by atoms with Crippen LogP contribution >= 0.6 is 24.0 Å². The Bertz CT molecular complexity index is 621. The van der Waals surface area contributed by atoms with Crippen molar-refractivity contribution in [3.8, 4) is 0 Å². The number of halogens is 1. The van der Waals surface area contributed by atoms with E-state index < -0.39 is 0 Å². The van der Waals surface area contributed by atoms with Crippen molar-refractivity contribution in [2.45, 2.75) is 25.9 Å². The van der Waals surface area contributed by atoms with Gasteiger partial charge in [-0.15, -0.1) is 24.0 Å². The second-order valence-electron chi connectivity index (χ2n) is 5.92. The third-order valence-electron chi connectivity index (χ3n) is 3.89. The summed E-state index contributed by atoms with van der Waals surface area (Å²) >= 11 is 0. The second-order valence-corrected chi connectivity index (χ2v) is 5.92. The summed E-state index contributed by atoms with van der Waals surface area (Å²) in [6, 6.07) is 13.7. The molecule has 0 saturated heterocycles. The summed E-state index contributed by atoms with van der Waals surface area (Å²) in [7, 11) is 0. The normalized spacial score (nSPS) is 12.3. The lowest BCUT2D eigenvalue weighted by Crippen LogP contribution is -2.38. The molecule has 1 heterocycles. The third-order valence-corrected chi connectivity index (χ3v) is 3.89. The number of aliphatic imine (C=N–C) groups is 1. The lowest BCUT2D eigenvalue weighted by molar-refractivity contribution is 0.105. The lowest BCUT2D eigenvalue weighted by atomic mass is 10.0. The van der Waals surface area contributed by atoms with E-state index in [-0.39, 0.29) is 36.5 Å². The summed E-state index contributed by atoms with van der Waals surface area (Å²) in [6.07, 6.45) is 2.52. The number of guanidine groups is 1. The van der Waals surface area contributed by atoms with E-state index in [1.807, 2.05) is 49.4 Å². The molecule has 0 spiro atoms. The van der Waals surface area contributed by atoms with E-state index in [1.54, 1.807) is 6.26 Å². The topological polar surface area (TPSA) is 79.0 Å². The highest BCUT2D eigenvalue weighted by atomic mass is 127. The highest BCUT2D eigenvalue weighted by Crippen LogP contribution is 2.14. The predicted molar refractivity (Wildman–Crippen MR) is 119 cm³/mol. The number of furan rings is 1. The van der Waals surface area contributed by atoms with Gasteiger partial charge in [-0.25, -0.2) is 0 Å². The zero-order chi connectivity index (χ0) is 18.5. The van der Waals surface area contributed by atoms with E-state index in [9.17, 15) is 5.11 Å². The molecule has 1 aromatic heterocycles. The minimum Gasteiger partial charge on any atom is -0.467 e. The summed E-state index contributed by atoms with van der Waals surface area (Å²) in [5.74, 6) is 1.60. The molecule has 0 bridgehead atoms. The van der Waals surface area contributed by atoms with Gasteiger partial charge < -0.3 is 24.9 Å². The van der Waals surface area contributed by atoms with E-state index in [0.29, 0.717) is 19.8 Å².